The Bertz CT molecular complexity index is 1760. The third kappa shape index (κ3) is 6.38. The van der Waals surface area contributed by atoms with Crippen LogP contribution in [0.15, 0.2) is 85.3 Å². The maximum Gasteiger partial charge on any atom is 0.573 e. The first-order valence-corrected chi connectivity index (χ1v) is 11.7. The van der Waals surface area contributed by atoms with Crippen molar-refractivity contribution in [2.45, 2.75) is 6.36 Å². The molecule has 208 valence electrons. The van der Waals surface area contributed by atoms with Crippen molar-refractivity contribution in [3.05, 3.63) is 103 Å². The third-order valence-corrected chi connectivity index (χ3v) is 5.61. The van der Waals surface area contributed by atoms with E-state index in [2.05, 4.69) is 30.7 Å². The van der Waals surface area contributed by atoms with Gasteiger partial charge in [0.05, 0.1) is 17.6 Å². The molecular formula is C27H17F5N6O3. The zero-order chi connectivity index (χ0) is 29.1. The van der Waals surface area contributed by atoms with Crippen LogP contribution in [0.2, 0.25) is 0 Å². The first kappa shape index (κ1) is 27.1. The van der Waals surface area contributed by atoms with Crippen molar-refractivity contribution >= 4 is 34.8 Å². The Morgan fingerprint density at radius 1 is 0.878 bits per heavy atom. The lowest BCUT2D eigenvalue weighted by atomic mass is 10.1. The average Bonchev–Trinajstić information content (AvgIpc) is 3.35. The summed E-state index contributed by atoms with van der Waals surface area (Å²) >= 11 is 0. The first-order valence-electron chi connectivity index (χ1n) is 11.7. The summed E-state index contributed by atoms with van der Waals surface area (Å²) in [7, 11) is 0. The first-order chi connectivity index (χ1) is 19.6. The van der Waals surface area contributed by atoms with Gasteiger partial charge in [-0.15, -0.1) is 13.2 Å². The Hall–Kier alpha value is -5.53. The number of urea groups is 1. The van der Waals surface area contributed by atoms with Gasteiger partial charge in [0.2, 0.25) is 0 Å². The van der Waals surface area contributed by atoms with E-state index in [1.165, 1.54) is 24.5 Å². The highest BCUT2D eigenvalue weighted by Gasteiger charge is 2.31. The molecule has 2 aromatic heterocycles. The maximum absolute atomic E-state index is 13.9. The number of alkyl halides is 3. The Labute approximate surface area is 227 Å². The quantitative estimate of drug-likeness (QED) is 0.204. The summed E-state index contributed by atoms with van der Waals surface area (Å²) < 4.78 is 69.6. The molecule has 3 aromatic carbocycles. The lowest BCUT2D eigenvalue weighted by molar-refractivity contribution is -0.274. The summed E-state index contributed by atoms with van der Waals surface area (Å²) in [6.45, 7) is 0. The lowest BCUT2D eigenvalue weighted by Crippen LogP contribution is -2.20. The fourth-order valence-electron chi connectivity index (χ4n) is 3.84. The summed E-state index contributed by atoms with van der Waals surface area (Å²) in [6, 6.07) is 13.0. The number of ether oxygens (including phenoxy) is 1. The predicted molar refractivity (Wildman–Crippen MR) is 139 cm³/mol. The number of rotatable bonds is 6. The van der Waals surface area contributed by atoms with Crippen molar-refractivity contribution in [2.75, 3.05) is 16.0 Å². The number of imidazole rings is 1. The molecule has 41 heavy (non-hydrogen) atoms. The van der Waals surface area contributed by atoms with Crippen molar-refractivity contribution in [1.82, 2.24) is 14.4 Å². The number of nitrogens with one attached hydrogen (secondary N) is 3. The molecule has 0 bridgehead atoms. The molecule has 0 radical (unpaired) electrons. The highest BCUT2D eigenvalue weighted by atomic mass is 19.4. The summed E-state index contributed by atoms with van der Waals surface area (Å²) in [6.07, 6.45) is -0.322. The highest BCUT2D eigenvalue weighted by molar-refractivity contribution is 6.05. The fourth-order valence-corrected chi connectivity index (χ4v) is 3.84. The average molecular weight is 568 g/mol. The minimum absolute atomic E-state index is 0.0627. The SMILES string of the molecule is O=C(Nc1cccc(-c2cnc3c(NC(=O)c4ccc(OC(F)(F)F)cc4)nccn23)c1)Nc1ccc(F)cc1F. The van der Waals surface area contributed by atoms with E-state index < -0.39 is 35.7 Å². The van der Waals surface area contributed by atoms with E-state index in [0.29, 0.717) is 23.0 Å². The second-order valence-electron chi connectivity index (χ2n) is 8.42. The van der Waals surface area contributed by atoms with Gasteiger partial charge in [-0.25, -0.2) is 23.5 Å². The van der Waals surface area contributed by atoms with Crippen LogP contribution in [0.1, 0.15) is 10.4 Å². The zero-order valence-electron chi connectivity index (χ0n) is 20.5. The minimum atomic E-state index is -4.85. The molecule has 0 aliphatic heterocycles. The third-order valence-electron chi connectivity index (χ3n) is 5.61. The van der Waals surface area contributed by atoms with E-state index in [1.54, 1.807) is 34.9 Å². The molecule has 0 fully saturated rings. The Balaban J connectivity index is 1.32. The highest BCUT2D eigenvalue weighted by Crippen LogP contribution is 2.27. The van der Waals surface area contributed by atoms with E-state index >= 15 is 0 Å². The Kier molecular flexibility index (Phi) is 7.20. The molecule has 0 spiro atoms. The van der Waals surface area contributed by atoms with Gasteiger partial charge in [0.15, 0.2) is 11.5 Å². The summed E-state index contributed by atoms with van der Waals surface area (Å²) in [5, 5.41) is 7.47. The molecule has 0 aliphatic rings. The molecule has 5 aromatic rings. The van der Waals surface area contributed by atoms with Gasteiger partial charge in [-0.05, 0) is 48.5 Å². The van der Waals surface area contributed by atoms with Crippen LogP contribution in [0.5, 0.6) is 5.75 Å². The predicted octanol–water partition coefficient (Wildman–Crippen LogP) is 6.47. The van der Waals surface area contributed by atoms with E-state index in [-0.39, 0.29) is 22.7 Å². The molecule has 2 heterocycles. The molecule has 3 N–H and O–H groups in total. The number of benzene rings is 3. The molecule has 9 nitrogen and oxygen atoms in total. The molecular weight excluding hydrogens is 551 g/mol. The zero-order valence-corrected chi connectivity index (χ0v) is 20.5. The number of amides is 3. The van der Waals surface area contributed by atoms with Crippen LogP contribution in [0.25, 0.3) is 16.9 Å². The molecule has 3 amide bonds. The van der Waals surface area contributed by atoms with E-state index in [9.17, 15) is 31.5 Å². The molecule has 14 heteroatoms. The largest absolute Gasteiger partial charge is 0.573 e. The molecule has 0 aliphatic carbocycles. The summed E-state index contributed by atoms with van der Waals surface area (Å²) in [5.74, 6) is -2.72. The molecule has 0 saturated heterocycles. The van der Waals surface area contributed by atoms with Gasteiger partial charge in [0.1, 0.15) is 17.4 Å². The second kappa shape index (κ2) is 10.9. The van der Waals surface area contributed by atoms with Crippen LogP contribution in [-0.4, -0.2) is 32.7 Å². The van der Waals surface area contributed by atoms with Crippen molar-refractivity contribution in [3.8, 4) is 17.0 Å². The standard InChI is InChI=1S/C27H17F5N6O3/c28-17-6-9-21(20(29)13-17)36-26(40)35-18-3-1-2-16(12-18)22-14-34-24-23(33-10-11-38(22)24)37-25(39)15-4-7-19(8-5-15)41-27(30,31)32/h1-14H,(H,33,37,39)(H2,35,36,40). The van der Waals surface area contributed by atoms with E-state index in [0.717, 1.165) is 24.3 Å². The van der Waals surface area contributed by atoms with Gasteiger partial charge in [0, 0.05) is 35.3 Å². The van der Waals surface area contributed by atoms with Crippen LogP contribution in [0.3, 0.4) is 0 Å². The number of halogens is 5. The summed E-state index contributed by atoms with van der Waals surface area (Å²) in [5.41, 5.74) is 1.68. The van der Waals surface area contributed by atoms with Gasteiger partial charge in [-0.2, -0.15) is 0 Å². The van der Waals surface area contributed by atoms with E-state index in [1.807, 2.05) is 0 Å². The smallest absolute Gasteiger partial charge is 0.406 e. The number of fused-ring (bicyclic) bond motifs is 1. The maximum atomic E-state index is 13.9. The monoisotopic (exact) mass is 568 g/mol. The topological polar surface area (TPSA) is 110 Å². The van der Waals surface area contributed by atoms with Gasteiger partial charge >= 0.3 is 12.4 Å². The van der Waals surface area contributed by atoms with Crippen LogP contribution in [0.4, 0.5) is 43.9 Å². The van der Waals surface area contributed by atoms with Crippen LogP contribution in [-0.2, 0) is 0 Å². The molecule has 0 unspecified atom stereocenters. The fraction of sp³-hybridized carbons (Fsp3) is 0.0370. The number of carbonyl (C=O) groups is 2. The molecule has 0 saturated carbocycles. The Morgan fingerprint density at radius 2 is 1.66 bits per heavy atom. The summed E-state index contributed by atoms with van der Waals surface area (Å²) in [4.78, 5) is 33.6. The number of hydrogen-bond donors (Lipinski definition) is 3. The second-order valence-corrected chi connectivity index (χ2v) is 8.42. The van der Waals surface area contributed by atoms with Gasteiger partial charge in [0.25, 0.3) is 5.91 Å². The van der Waals surface area contributed by atoms with E-state index in [4.69, 9.17) is 0 Å². The van der Waals surface area contributed by atoms with Crippen molar-refractivity contribution in [1.29, 1.82) is 0 Å². The van der Waals surface area contributed by atoms with Crippen molar-refractivity contribution in [2.24, 2.45) is 0 Å². The van der Waals surface area contributed by atoms with Gasteiger partial charge < -0.3 is 20.7 Å². The lowest BCUT2D eigenvalue weighted by Gasteiger charge is -2.11. The Morgan fingerprint density at radius 3 is 2.39 bits per heavy atom. The van der Waals surface area contributed by atoms with Crippen molar-refractivity contribution < 1.29 is 36.3 Å². The number of aromatic nitrogens is 3. The molecule has 5 rings (SSSR count). The number of nitrogens with zero attached hydrogens (tertiary/aromatic N) is 3. The minimum Gasteiger partial charge on any atom is -0.406 e. The molecule has 0 atom stereocenters. The van der Waals surface area contributed by atoms with Crippen LogP contribution < -0.4 is 20.7 Å². The van der Waals surface area contributed by atoms with Gasteiger partial charge in [-0.3, -0.25) is 9.20 Å². The van der Waals surface area contributed by atoms with Crippen LogP contribution in [0, 0.1) is 11.6 Å². The van der Waals surface area contributed by atoms with Crippen LogP contribution >= 0.6 is 0 Å². The number of anilines is 3. The number of carbonyl (C=O) groups excluding carboxylic acids is 2. The van der Waals surface area contributed by atoms with Gasteiger partial charge in [-0.1, -0.05) is 12.1 Å². The van der Waals surface area contributed by atoms with Crippen molar-refractivity contribution in [3.63, 3.8) is 0 Å². The number of hydrogen-bond acceptors (Lipinski definition) is 5. The normalized spacial score (nSPS) is 11.2.